The molecule has 0 amide bonds. The lowest BCUT2D eigenvalue weighted by atomic mass is 10.0. The first kappa shape index (κ1) is 81.2. The Morgan fingerprint density at radius 2 is 0.398 bits per heavy atom. The molecule has 16 bridgehead atoms. The molecular weight excluding hydrogens is 1500 g/mol. The number of H-pyrrole nitrogens is 4. The van der Waals surface area contributed by atoms with Gasteiger partial charge in [-0.05, 0) is 184 Å². The molecular formula is C96H84N4O18. The van der Waals surface area contributed by atoms with Gasteiger partial charge in [0, 0.05) is 65.2 Å². The number of rotatable bonds is 20. The molecule has 6 aromatic carbocycles. The van der Waals surface area contributed by atoms with Crippen LogP contribution in [0.3, 0.4) is 0 Å². The number of furan rings is 2. The molecule has 118 heavy (non-hydrogen) atoms. The van der Waals surface area contributed by atoms with Gasteiger partial charge in [-0.2, -0.15) is 0 Å². The van der Waals surface area contributed by atoms with Crippen molar-refractivity contribution in [1.82, 2.24) is 19.9 Å². The van der Waals surface area contributed by atoms with Crippen molar-refractivity contribution in [3.05, 3.63) is 264 Å². The number of fused-ring (bicyclic) bond motifs is 16. The van der Waals surface area contributed by atoms with Crippen LogP contribution < -0.4 is 20.9 Å². The van der Waals surface area contributed by atoms with Gasteiger partial charge in [-0.15, -0.1) is 0 Å². The predicted octanol–water partition coefficient (Wildman–Crippen LogP) is 16.2. The van der Waals surface area contributed by atoms with E-state index in [1.54, 1.807) is 177 Å². The average molecular weight is 1580 g/mol. The largest absolute Gasteiger partial charge is 0.462 e. The highest BCUT2D eigenvalue weighted by Gasteiger charge is 2.29. The van der Waals surface area contributed by atoms with Gasteiger partial charge in [-0.3, -0.25) is 0 Å². The zero-order valence-corrected chi connectivity index (χ0v) is 66.1. The Balaban J connectivity index is 1.33. The Morgan fingerprint density at radius 3 is 0.576 bits per heavy atom. The molecule has 13 rings (SSSR count). The molecule has 0 saturated heterocycles. The first-order chi connectivity index (χ1) is 57.5. The molecule has 0 radical (unpaired) electrons. The summed E-state index contributed by atoms with van der Waals surface area (Å²) in [5.74, 6) is -8.14. The number of esters is 8. The van der Waals surface area contributed by atoms with E-state index in [1.165, 1.54) is 0 Å². The van der Waals surface area contributed by atoms with E-state index in [0.29, 0.717) is 88.9 Å². The summed E-state index contributed by atoms with van der Waals surface area (Å²) < 4.78 is 60.1. The summed E-state index contributed by atoms with van der Waals surface area (Å²) in [6.45, 7) is 11.8. The van der Waals surface area contributed by atoms with Crippen LogP contribution >= 0.6 is 0 Å². The summed E-state index contributed by atoms with van der Waals surface area (Å²) in [6, 6.07) is 71.7. The second-order valence-corrected chi connectivity index (χ2v) is 26.4. The predicted molar refractivity (Wildman–Crippen MR) is 455 cm³/mol. The lowest BCUT2D eigenvalue weighted by Crippen LogP contribution is -2.26. The number of hydrogen-bond acceptors (Lipinski definition) is 18. The van der Waals surface area contributed by atoms with E-state index in [1.807, 2.05) is 121 Å². The minimum atomic E-state index is -1.02. The Bertz CT molecular complexity index is 5850. The van der Waals surface area contributed by atoms with E-state index in [4.69, 9.17) is 46.7 Å². The topological polar surface area (TPSA) is 300 Å². The lowest BCUT2D eigenvalue weighted by Gasteiger charge is -2.09. The van der Waals surface area contributed by atoms with Gasteiger partial charge in [0.05, 0.1) is 74.9 Å². The fourth-order valence-electron chi connectivity index (χ4n) is 14.3. The maximum Gasteiger partial charge on any atom is 0.346 e. The van der Waals surface area contributed by atoms with Crippen molar-refractivity contribution in [2.45, 2.75) is 55.4 Å². The monoisotopic (exact) mass is 1580 g/mol. The summed E-state index contributed by atoms with van der Waals surface area (Å²) in [6.07, 6.45) is 0. The highest BCUT2D eigenvalue weighted by Crippen LogP contribution is 2.37. The molecule has 0 fully saturated rings. The summed E-state index contributed by atoms with van der Waals surface area (Å²) in [5, 5.41) is 0.876. The van der Waals surface area contributed by atoms with Crippen LogP contribution in [0.25, 0.3) is 155 Å². The van der Waals surface area contributed by atoms with Crippen molar-refractivity contribution in [3.63, 3.8) is 0 Å². The molecule has 13 aromatic rings. The Labute approximate surface area is 675 Å². The number of aromatic amines is 4. The number of aromatic nitrogens is 4. The smallest absolute Gasteiger partial charge is 0.346 e. The molecule has 596 valence electrons. The van der Waals surface area contributed by atoms with Crippen molar-refractivity contribution < 1.29 is 85.1 Å². The van der Waals surface area contributed by atoms with Crippen molar-refractivity contribution in [2.24, 2.45) is 0 Å². The third kappa shape index (κ3) is 17.2. The molecule has 0 aliphatic rings. The van der Waals surface area contributed by atoms with Gasteiger partial charge >= 0.3 is 47.8 Å². The Kier molecular flexibility index (Phi) is 25.8. The van der Waals surface area contributed by atoms with Crippen LogP contribution in [0.4, 0.5) is 0 Å². The summed E-state index contributed by atoms with van der Waals surface area (Å²) >= 11 is 0. The van der Waals surface area contributed by atoms with Crippen LogP contribution in [0.5, 0.6) is 0 Å². The average Bonchev–Trinajstić information content (AvgIpc) is 1.70. The minimum Gasteiger partial charge on any atom is -0.462 e. The van der Waals surface area contributed by atoms with Crippen molar-refractivity contribution in [1.29, 1.82) is 0 Å². The molecule has 7 heterocycles. The minimum absolute atomic E-state index is 0.00548. The van der Waals surface area contributed by atoms with E-state index in [9.17, 15) is 38.4 Å². The summed E-state index contributed by atoms with van der Waals surface area (Å²) in [4.78, 5) is 133. The van der Waals surface area contributed by atoms with Gasteiger partial charge in [-0.1, -0.05) is 158 Å². The Morgan fingerprint density at radius 1 is 0.220 bits per heavy atom. The van der Waals surface area contributed by atoms with Crippen LogP contribution in [-0.2, 0) is 76.3 Å². The second kappa shape index (κ2) is 37.4. The normalized spacial score (nSPS) is 10.9. The van der Waals surface area contributed by atoms with E-state index in [-0.39, 0.29) is 117 Å². The summed E-state index contributed by atoms with van der Waals surface area (Å²) in [5.41, 5.74) is 6.62. The van der Waals surface area contributed by atoms with Crippen LogP contribution in [0.2, 0.25) is 0 Å². The molecule has 0 aliphatic carbocycles. The molecule has 7 aromatic heterocycles. The third-order valence-electron chi connectivity index (χ3n) is 19.1. The second-order valence-electron chi connectivity index (χ2n) is 26.4. The maximum absolute atomic E-state index is 14.8. The molecule has 0 atom stereocenters. The highest BCUT2D eigenvalue weighted by molar-refractivity contribution is 6.40. The maximum atomic E-state index is 14.8. The van der Waals surface area contributed by atoms with E-state index in [2.05, 4.69) is 19.9 Å². The van der Waals surface area contributed by atoms with Gasteiger partial charge in [0.25, 0.3) is 0 Å². The van der Waals surface area contributed by atoms with E-state index >= 15 is 0 Å². The van der Waals surface area contributed by atoms with Crippen LogP contribution in [0, 0.1) is 0 Å². The Hall–Kier alpha value is -14.8. The molecule has 0 aliphatic heterocycles. The zero-order valence-electron chi connectivity index (χ0n) is 66.1. The quantitative estimate of drug-likeness (QED) is 0.0313. The van der Waals surface area contributed by atoms with E-state index in [0.717, 1.165) is 0 Å². The first-order valence-corrected chi connectivity index (χ1v) is 38.8. The number of carbonyl (C=O) groups is 8. The van der Waals surface area contributed by atoms with Gasteiger partial charge in [0.2, 0.25) is 0 Å². The van der Waals surface area contributed by atoms with E-state index < -0.39 is 70.0 Å². The number of hydrogen-bond donors (Lipinski definition) is 4. The van der Waals surface area contributed by atoms with Crippen molar-refractivity contribution in [2.75, 3.05) is 52.9 Å². The van der Waals surface area contributed by atoms with Gasteiger partial charge in [0.1, 0.15) is 22.3 Å². The van der Waals surface area contributed by atoms with Crippen LogP contribution in [-0.4, -0.2) is 121 Å². The number of carbonyl (C=O) groups excluding carboxylic acids is 8. The fraction of sp³-hybridized carbons (Fsp3) is 0.167. The molecule has 4 N–H and O–H groups in total. The number of ether oxygens (including phenoxy) is 8. The summed E-state index contributed by atoms with van der Waals surface area (Å²) in [7, 11) is 0. The van der Waals surface area contributed by atoms with Gasteiger partial charge < -0.3 is 66.7 Å². The van der Waals surface area contributed by atoms with Crippen LogP contribution in [0.1, 0.15) is 55.4 Å². The molecule has 22 heteroatoms. The van der Waals surface area contributed by atoms with Gasteiger partial charge in [0.15, 0.2) is 22.3 Å². The number of nitrogens with one attached hydrogen (secondary N) is 4. The van der Waals surface area contributed by atoms with Crippen LogP contribution in [0.15, 0.2) is 251 Å². The SMILES string of the molecule is CCOC(=O)C(C(=O)OCC)=c1c2cccc(c2)c(=C(C(=O)OCC)C(=O)OCC)c2ccc([nH]2)c(-c2ccccc2)c2ccc(o2)c(-c2ccccc2)c2ccc([nH]2)c(=C(C(=O)OCC)C(=O)OCC)c2cccc(c2)c(=C(C(=O)OCC)C(=O)OCC)c2ccc([nH]2)c(-c2ccccc2)c2ccc(o2)c(-c2ccccc2)c2ccc1[nH]2. The highest BCUT2D eigenvalue weighted by atomic mass is 16.6. The molecule has 0 spiro atoms. The molecule has 0 saturated carbocycles. The molecule has 22 nitrogen and oxygen atoms in total. The molecule has 0 unspecified atom stereocenters. The lowest BCUT2D eigenvalue weighted by molar-refractivity contribution is -0.144. The van der Waals surface area contributed by atoms with Gasteiger partial charge in [-0.25, -0.2) is 38.4 Å². The van der Waals surface area contributed by atoms with Crippen molar-refractivity contribution in [3.8, 4) is 44.5 Å². The van der Waals surface area contributed by atoms with Crippen molar-refractivity contribution >= 4 is 158 Å². The third-order valence-corrected chi connectivity index (χ3v) is 19.1. The fourth-order valence-corrected chi connectivity index (χ4v) is 14.3. The number of benzene rings is 6. The standard InChI is InChI=1S/C96H84N4O18/c1-9-109-89(101)85(90(102)110-10-2)81-61-39-29-40-62(55-61)82(86(91(103)111-11-3)92(104)112-12-4)70-48-44-66(98-70)78(58-33-23-18-24-34-58)75-53-54-76(118-75)80(60-37-27-20-28-38-60)68-46-50-72(100-68)84(88(95(107)115-15-7)96(108)116-16-8)64-42-30-41-63(56-64)83(87(93(105)113-13-5)94(106)114-14-6)71-49-45-67(99-71)79(59-35-25-19-26-36-59)74-52-51-73(117-74)77(57-31-21-17-22-32-57)65-43-47-69(81)97-65/h17-56,97-100H,9-16H2,1-8H3. The first-order valence-electron chi connectivity index (χ1n) is 38.8. The zero-order chi connectivity index (χ0) is 82.9.